The molecule has 4 heteroatoms. The summed E-state index contributed by atoms with van der Waals surface area (Å²) < 4.78 is 0.453. The van der Waals surface area contributed by atoms with Crippen molar-refractivity contribution in [3.63, 3.8) is 0 Å². The molecule has 0 amide bonds. The van der Waals surface area contributed by atoms with Gasteiger partial charge in [-0.3, -0.25) is 4.98 Å². The Labute approximate surface area is 116 Å². The van der Waals surface area contributed by atoms with Gasteiger partial charge in [-0.25, -0.2) is 0 Å². The molecule has 0 saturated heterocycles. The molecule has 1 saturated carbocycles. The Morgan fingerprint density at radius 1 is 1.39 bits per heavy atom. The first kappa shape index (κ1) is 12.1. The maximum Gasteiger partial charge on any atom is 0.0723 e. The standard InChI is InChI=1S/C14H15ClN2S/c1-18-14(5-6-14)9-17-13-4-7-16-12-3-2-10(15)8-11(12)13/h2-4,7-8H,5-6,9H2,1H3,(H,16,17). The lowest BCUT2D eigenvalue weighted by Gasteiger charge is -2.15. The van der Waals surface area contributed by atoms with Crippen molar-refractivity contribution in [2.24, 2.45) is 0 Å². The number of halogens is 1. The van der Waals surface area contributed by atoms with Crippen molar-refractivity contribution in [1.82, 2.24) is 4.98 Å². The summed E-state index contributed by atoms with van der Waals surface area (Å²) in [4.78, 5) is 4.36. The van der Waals surface area contributed by atoms with Crippen LogP contribution >= 0.6 is 23.4 Å². The van der Waals surface area contributed by atoms with E-state index in [1.54, 1.807) is 0 Å². The quantitative estimate of drug-likeness (QED) is 0.907. The molecule has 0 aliphatic heterocycles. The number of benzene rings is 1. The van der Waals surface area contributed by atoms with E-state index in [-0.39, 0.29) is 0 Å². The summed E-state index contributed by atoms with van der Waals surface area (Å²) in [5.74, 6) is 0. The van der Waals surface area contributed by atoms with Gasteiger partial charge in [-0.1, -0.05) is 11.6 Å². The Kier molecular flexibility index (Phi) is 3.12. The van der Waals surface area contributed by atoms with Gasteiger partial charge in [0.15, 0.2) is 0 Å². The number of hydrogen-bond donors (Lipinski definition) is 1. The van der Waals surface area contributed by atoms with Crippen LogP contribution in [0.3, 0.4) is 0 Å². The number of thioether (sulfide) groups is 1. The van der Waals surface area contributed by atoms with Gasteiger partial charge in [-0.15, -0.1) is 0 Å². The molecule has 0 unspecified atom stereocenters. The lowest BCUT2D eigenvalue weighted by molar-refractivity contribution is 0.950. The minimum atomic E-state index is 0.453. The Hall–Kier alpha value is -0.930. The number of nitrogens with zero attached hydrogens (tertiary/aromatic N) is 1. The average Bonchev–Trinajstić information content (AvgIpc) is 3.17. The van der Waals surface area contributed by atoms with E-state index in [1.165, 1.54) is 12.8 Å². The van der Waals surface area contributed by atoms with Crippen molar-refractivity contribution in [3.8, 4) is 0 Å². The highest BCUT2D eigenvalue weighted by Gasteiger charge is 2.41. The first-order valence-corrected chi connectivity index (χ1v) is 7.66. The molecule has 1 N–H and O–H groups in total. The van der Waals surface area contributed by atoms with Crippen LogP contribution in [0.2, 0.25) is 5.02 Å². The van der Waals surface area contributed by atoms with Crippen molar-refractivity contribution < 1.29 is 0 Å². The fraction of sp³-hybridized carbons (Fsp3) is 0.357. The second-order valence-electron chi connectivity index (χ2n) is 4.76. The lowest BCUT2D eigenvalue weighted by atomic mass is 10.2. The van der Waals surface area contributed by atoms with E-state index in [0.717, 1.165) is 28.2 Å². The molecule has 94 valence electrons. The highest BCUT2D eigenvalue weighted by Crippen LogP contribution is 2.47. The third-order valence-electron chi connectivity index (χ3n) is 3.55. The minimum absolute atomic E-state index is 0.453. The first-order valence-electron chi connectivity index (χ1n) is 6.06. The molecule has 2 aromatic rings. The number of rotatable bonds is 4. The second kappa shape index (κ2) is 4.63. The third kappa shape index (κ3) is 2.29. The number of pyridine rings is 1. The van der Waals surface area contributed by atoms with Gasteiger partial charge in [0.05, 0.1) is 5.52 Å². The summed E-state index contributed by atoms with van der Waals surface area (Å²) in [5.41, 5.74) is 2.11. The third-order valence-corrected chi connectivity index (χ3v) is 5.20. The van der Waals surface area contributed by atoms with Crippen LogP contribution in [0.5, 0.6) is 0 Å². The van der Waals surface area contributed by atoms with Crippen molar-refractivity contribution >= 4 is 40.0 Å². The van der Waals surface area contributed by atoms with Gasteiger partial charge < -0.3 is 5.32 Å². The van der Waals surface area contributed by atoms with Crippen molar-refractivity contribution in [2.45, 2.75) is 17.6 Å². The fourth-order valence-electron chi connectivity index (χ4n) is 2.12. The van der Waals surface area contributed by atoms with E-state index in [9.17, 15) is 0 Å². The molecule has 1 aliphatic carbocycles. The van der Waals surface area contributed by atoms with Crippen molar-refractivity contribution in [2.75, 3.05) is 18.1 Å². The van der Waals surface area contributed by atoms with E-state index in [0.29, 0.717) is 4.75 Å². The SMILES string of the molecule is CSC1(CNc2ccnc3ccc(Cl)cc23)CC1. The smallest absolute Gasteiger partial charge is 0.0723 e. The summed E-state index contributed by atoms with van der Waals surface area (Å²) in [5, 5.41) is 5.40. The largest absolute Gasteiger partial charge is 0.383 e. The van der Waals surface area contributed by atoms with E-state index < -0.39 is 0 Å². The van der Waals surface area contributed by atoms with Crippen LogP contribution in [0, 0.1) is 0 Å². The fourth-order valence-corrected chi connectivity index (χ4v) is 3.02. The zero-order valence-electron chi connectivity index (χ0n) is 10.2. The number of nitrogens with one attached hydrogen (secondary N) is 1. The minimum Gasteiger partial charge on any atom is -0.383 e. The predicted octanol–water partition coefficient (Wildman–Crippen LogP) is 4.20. The summed E-state index contributed by atoms with van der Waals surface area (Å²) in [6.07, 6.45) is 6.66. The Morgan fingerprint density at radius 2 is 2.22 bits per heavy atom. The zero-order valence-corrected chi connectivity index (χ0v) is 11.8. The molecular weight excluding hydrogens is 264 g/mol. The first-order chi connectivity index (χ1) is 8.72. The van der Waals surface area contributed by atoms with Gasteiger partial charge in [0, 0.05) is 33.6 Å². The highest BCUT2D eigenvalue weighted by molar-refractivity contribution is 8.00. The molecule has 0 spiro atoms. The zero-order chi connectivity index (χ0) is 12.6. The summed E-state index contributed by atoms with van der Waals surface area (Å²) in [6, 6.07) is 7.84. The molecule has 1 aromatic heterocycles. The number of hydrogen-bond acceptors (Lipinski definition) is 3. The van der Waals surface area contributed by atoms with E-state index in [2.05, 4.69) is 16.6 Å². The van der Waals surface area contributed by atoms with Crippen molar-refractivity contribution in [3.05, 3.63) is 35.5 Å². The highest BCUT2D eigenvalue weighted by atomic mass is 35.5. The van der Waals surface area contributed by atoms with Crippen LogP contribution in [-0.4, -0.2) is 22.5 Å². The summed E-state index contributed by atoms with van der Waals surface area (Å²) >= 11 is 8.02. The second-order valence-corrected chi connectivity index (χ2v) is 6.47. The van der Waals surface area contributed by atoms with Crippen LogP contribution in [0.4, 0.5) is 5.69 Å². The van der Waals surface area contributed by atoms with Crippen molar-refractivity contribution in [1.29, 1.82) is 0 Å². The molecule has 3 rings (SSSR count). The molecule has 1 fully saturated rings. The number of fused-ring (bicyclic) bond motifs is 1. The van der Waals surface area contributed by atoms with E-state index in [4.69, 9.17) is 11.6 Å². The van der Waals surface area contributed by atoms with Crippen LogP contribution < -0.4 is 5.32 Å². The molecule has 0 bridgehead atoms. The van der Waals surface area contributed by atoms with Gasteiger partial charge >= 0.3 is 0 Å². The monoisotopic (exact) mass is 278 g/mol. The van der Waals surface area contributed by atoms with Gasteiger partial charge in [0.1, 0.15) is 0 Å². The maximum absolute atomic E-state index is 6.06. The number of aromatic nitrogens is 1. The predicted molar refractivity (Wildman–Crippen MR) is 80.7 cm³/mol. The Balaban J connectivity index is 1.89. The lowest BCUT2D eigenvalue weighted by Crippen LogP contribution is -2.17. The van der Waals surface area contributed by atoms with E-state index in [1.807, 2.05) is 42.2 Å². The van der Waals surface area contributed by atoms with Crippen LogP contribution in [0.25, 0.3) is 10.9 Å². The Bertz CT molecular complexity index is 581. The average molecular weight is 279 g/mol. The number of anilines is 1. The normalized spacial score (nSPS) is 16.8. The molecule has 2 nitrogen and oxygen atoms in total. The summed E-state index contributed by atoms with van der Waals surface area (Å²) in [7, 11) is 0. The molecule has 1 aromatic carbocycles. The Morgan fingerprint density at radius 3 is 2.94 bits per heavy atom. The van der Waals surface area contributed by atoms with E-state index >= 15 is 0 Å². The van der Waals surface area contributed by atoms with Gasteiger partial charge in [0.2, 0.25) is 0 Å². The topological polar surface area (TPSA) is 24.9 Å². The van der Waals surface area contributed by atoms with Crippen LogP contribution in [0.15, 0.2) is 30.5 Å². The molecule has 18 heavy (non-hydrogen) atoms. The molecule has 1 heterocycles. The van der Waals surface area contributed by atoms with Gasteiger partial charge in [0.25, 0.3) is 0 Å². The summed E-state index contributed by atoms with van der Waals surface area (Å²) in [6.45, 7) is 1.01. The van der Waals surface area contributed by atoms with Crippen LogP contribution in [-0.2, 0) is 0 Å². The molecule has 1 aliphatic rings. The molecule has 0 atom stereocenters. The van der Waals surface area contributed by atoms with Crippen LogP contribution in [0.1, 0.15) is 12.8 Å². The molecular formula is C14H15ClN2S. The van der Waals surface area contributed by atoms with Gasteiger partial charge in [-0.05, 0) is 43.4 Å². The maximum atomic E-state index is 6.06. The molecule has 0 radical (unpaired) electrons. The van der Waals surface area contributed by atoms with Gasteiger partial charge in [-0.2, -0.15) is 11.8 Å².